The van der Waals surface area contributed by atoms with E-state index in [1.807, 2.05) is 0 Å². The summed E-state index contributed by atoms with van der Waals surface area (Å²) in [4.78, 5) is 29.2. The lowest BCUT2D eigenvalue weighted by Crippen LogP contribution is -2.40. The number of nitrogens with zero attached hydrogens (tertiary/aromatic N) is 5. The molecule has 0 radical (unpaired) electrons. The van der Waals surface area contributed by atoms with Crippen LogP contribution in [0.4, 0.5) is 16.5 Å². The third-order valence-electron chi connectivity index (χ3n) is 3.73. The Morgan fingerprint density at radius 1 is 1.52 bits per heavy atom. The summed E-state index contributed by atoms with van der Waals surface area (Å²) in [5, 5.41) is 19.6. The number of hydrogen-bond acceptors (Lipinski definition) is 7. The number of carbonyl (C=O) groups excluding carboxylic acids is 1. The molecule has 0 bridgehead atoms. The predicted molar refractivity (Wildman–Crippen MR) is 89.8 cm³/mol. The average molecular weight is 360 g/mol. The molecule has 1 aromatic carbocycles. The molecule has 1 amide bonds. The number of hydrogen-bond donors (Lipinski definition) is 1. The molecule has 2 aromatic rings. The molecule has 11 heteroatoms. The number of anilines is 1. The quantitative estimate of drug-likeness (QED) is 0.274. The summed E-state index contributed by atoms with van der Waals surface area (Å²) in [7, 11) is 0. The van der Waals surface area contributed by atoms with Crippen molar-refractivity contribution in [3.8, 4) is 5.75 Å². The van der Waals surface area contributed by atoms with E-state index < -0.39 is 4.92 Å². The van der Waals surface area contributed by atoms with Gasteiger partial charge in [-0.3, -0.25) is 14.9 Å². The first-order chi connectivity index (χ1) is 12.1. The summed E-state index contributed by atoms with van der Waals surface area (Å²) in [5.41, 5.74) is 8.02. The number of amides is 1. The fraction of sp³-hybridized carbons (Fsp3) is 0.286. The first-order valence-electron chi connectivity index (χ1n) is 7.28. The second-order valence-electron chi connectivity index (χ2n) is 5.31. The van der Waals surface area contributed by atoms with Gasteiger partial charge in [-0.25, -0.2) is 4.98 Å². The van der Waals surface area contributed by atoms with Crippen LogP contribution in [0.25, 0.3) is 10.4 Å². The Balaban J connectivity index is 1.63. The molecule has 1 saturated carbocycles. The van der Waals surface area contributed by atoms with Crippen LogP contribution in [0.2, 0.25) is 0 Å². The zero-order valence-electron chi connectivity index (χ0n) is 12.7. The number of aromatic nitrogens is 1. The lowest BCUT2D eigenvalue weighted by Gasteiger charge is -2.33. The van der Waals surface area contributed by atoms with Crippen LogP contribution in [0.1, 0.15) is 12.8 Å². The Morgan fingerprint density at radius 2 is 2.32 bits per heavy atom. The molecule has 128 valence electrons. The number of ether oxygens (including phenoxy) is 1. The van der Waals surface area contributed by atoms with Gasteiger partial charge >= 0.3 is 5.69 Å². The highest BCUT2D eigenvalue weighted by atomic mass is 32.1. The fourth-order valence-corrected chi connectivity index (χ4v) is 3.00. The van der Waals surface area contributed by atoms with Crippen LogP contribution in [-0.4, -0.2) is 21.9 Å². The van der Waals surface area contributed by atoms with E-state index in [1.165, 1.54) is 29.5 Å². The van der Waals surface area contributed by atoms with E-state index in [1.54, 1.807) is 11.6 Å². The van der Waals surface area contributed by atoms with Crippen molar-refractivity contribution in [2.75, 3.05) is 5.32 Å². The molecule has 1 heterocycles. The maximum atomic E-state index is 12.0. The molecule has 1 aromatic heterocycles. The second kappa shape index (κ2) is 7.16. The Morgan fingerprint density at radius 3 is 2.96 bits per heavy atom. The Kier molecular flexibility index (Phi) is 4.78. The zero-order chi connectivity index (χ0) is 17.8. The van der Waals surface area contributed by atoms with Crippen LogP contribution in [0.5, 0.6) is 5.75 Å². The second-order valence-corrected chi connectivity index (χ2v) is 6.20. The van der Waals surface area contributed by atoms with Gasteiger partial charge in [0.2, 0.25) is 5.91 Å². The number of para-hydroxylation sites is 1. The Hall–Kier alpha value is -3.17. The summed E-state index contributed by atoms with van der Waals surface area (Å²) in [6, 6.07) is 4.30. The van der Waals surface area contributed by atoms with Gasteiger partial charge in [0, 0.05) is 22.4 Å². The number of thiazole rings is 1. The topological polar surface area (TPSA) is 143 Å². The summed E-state index contributed by atoms with van der Waals surface area (Å²) in [6.45, 7) is 0. The van der Waals surface area contributed by atoms with E-state index in [4.69, 9.17) is 10.3 Å². The molecule has 10 nitrogen and oxygen atoms in total. The SMILES string of the molecule is [N-]=[N+]=Nc1cccc(O[C@H]2C[C@H](C(=O)Nc3nccs3)C2)c1[N+](=O)[O-]. The Bertz CT molecular complexity index is 843. The monoisotopic (exact) mass is 360 g/mol. The maximum Gasteiger partial charge on any atom is 0.320 e. The van der Waals surface area contributed by atoms with E-state index in [2.05, 4.69) is 20.3 Å². The summed E-state index contributed by atoms with van der Waals surface area (Å²) >= 11 is 1.33. The van der Waals surface area contributed by atoms with Crippen LogP contribution in [0, 0.1) is 16.0 Å². The highest BCUT2D eigenvalue weighted by Gasteiger charge is 2.37. The average Bonchev–Trinajstić information content (AvgIpc) is 3.03. The van der Waals surface area contributed by atoms with E-state index in [-0.39, 0.29) is 35.1 Å². The fourth-order valence-electron chi connectivity index (χ4n) is 2.47. The van der Waals surface area contributed by atoms with E-state index in [0.29, 0.717) is 18.0 Å². The van der Waals surface area contributed by atoms with Crippen LogP contribution in [0.3, 0.4) is 0 Å². The molecule has 0 aliphatic heterocycles. The summed E-state index contributed by atoms with van der Waals surface area (Å²) in [6.07, 6.45) is 2.18. The third kappa shape index (κ3) is 3.67. The molecular weight excluding hydrogens is 348 g/mol. The van der Waals surface area contributed by atoms with Crippen molar-refractivity contribution in [2.45, 2.75) is 18.9 Å². The molecule has 0 saturated heterocycles. The molecule has 3 rings (SSSR count). The van der Waals surface area contributed by atoms with Crippen molar-refractivity contribution in [1.82, 2.24) is 4.98 Å². The number of carbonyl (C=O) groups is 1. The first-order valence-corrected chi connectivity index (χ1v) is 8.16. The minimum Gasteiger partial charge on any atom is -0.483 e. The highest BCUT2D eigenvalue weighted by Crippen LogP contribution is 2.40. The van der Waals surface area contributed by atoms with Gasteiger partial charge in [-0.05, 0) is 30.5 Å². The molecule has 1 aliphatic rings. The molecule has 25 heavy (non-hydrogen) atoms. The smallest absolute Gasteiger partial charge is 0.320 e. The molecule has 1 aliphatic carbocycles. The largest absolute Gasteiger partial charge is 0.483 e. The maximum absolute atomic E-state index is 12.0. The normalized spacial score (nSPS) is 18.6. The predicted octanol–water partition coefficient (Wildman–Crippen LogP) is 3.79. The van der Waals surface area contributed by atoms with E-state index >= 15 is 0 Å². The standard InChI is InChI=1S/C14H12N6O4S/c15-19-18-10-2-1-3-11(12(10)20(22)23)24-9-6-8(7-9)13(21)17-14-16-4-5-25-14/h1-5,8-9H,6-7H2,(H,16,17,21)/t8-,9-. The van der Waals surface area contributed by atoms with Crippen LogP contribution in [-0.2, 0) is 4.79 Å². The van der Waals surface area contributed by atoms with Gasteiger partial charge in [-0.2, -0.15) is 0 Å². The van der Waals surface area contributed by atoms with Gasteiger partial charge in [0.1, 0.15) is 11.8 Å². The molecule has 1 fully saturated rings. The molecule has 1 N–H and O–H groups in total. The van der Waals surface area contributed by atoms with Crippen molar-refractivity contribution in [2.24, 2.45) is 11.0 Å². The Labute approximate surface area is 145 Å². The number of rotatable bonds is 6. The van der Waals surface area contributed by atoms with Crippen LogP contribution in [0.15, 0.2) is 34.9 Å². The zero-order valence-corrected chi connectivity index (χ0v) is 13.5. The van der Waals surface area contributed by atoms with Gasteiger partial charge in [0.25, 0.3) is 0 Å². The third-order valence-corrected chi connectivity index (χ3v) is 4.42. The van der Waals surface area contributed by atoms with Gasteiger partial charge in [-0.1, -0.05) is 11.2 Å². The van der Waals surface area contributed by atoms with Gasteiger partial charge < -0.3 is 10.1 Å². The first kappa shape index (κ1) is 16.7. The number of nitro benzene ring substituents is 1. The van der Waals surface area contributed by atoms with Gasteiger partial charge in [0.15, 0.2) is 10.9 Å². The molecule has 0 atom stereocenters. The van der Waals surface area contributed by atoms with Crippen molar-refractivity contribution < 1.29 is 14.5 Å². The van der Waals surface area contributed by atoms with Crippen molar-refractivity contribution in [3.05, 3.63) is 50.3 Å². The number of azide groups is 1. The van der Waals surface area contributed by atoms with E-state index in [9.17, 15) is 14.9 Å². The minimum atomic E-state index is -0.648. The lowest BCUT2D eigenvalue weighted by atomic mass is 9.81. The summed E-state index contributed by atoms with van der Waals surface area (Å²) < 4.78 is 5.63. The molecular formula is C14H12N6O4S. The lowest BCUT2D eigenvalue weighted by molar-refractivity contribution is -0.385. The van der Waals surface area contributed by atoms with E-state index in [0.717, 1.165) is 0 Å². The highest BCUT2D eigenvalue weighted by molar-refractivity contribution is 7.13. The molecule has 0 unspecified atom stereocenters. The van der Waals surface area contributed by atoms with Crippen LogP contribution >= 0.6 is 11.3 Å². The summed E-state index contributed by atoms with van der Waals surface area (Å²) in [5.74, 6) is -0.348. The van der Waals surface area contributed by atoms with Crippen molar-refractivity contribution >= 4 is 33.8 Å². The van der Waals surface area contributed by atoms with Crippen molar-refractivity contribution in [3.63, 3.8) is 0 Å². The molecule has 0 spiro atoms. The van der Waals surface area contributed by atoms with Gasteiger partial charge in [-0.15, -0.1) is 11.3 Å². The minimum absolute atomic E-state index is 0.0266. The van der Waals surface area contributed by atoms with Crippen LogP contribution < -0.4 is 10.1 Å². The van der Waals surface area contributed by atoms with Crippen molar-refractivity contribution in [1.29, 1.82) is 0 Å². The number of nitro groups is 1. The number of benzene rings is 1. The number of nitrogens with one attached hydrogen (secondary N) is 1. The van der Waals surface area contributed by atoms with Gasteiger partial charge in [0.05, 0.1) is 4.92 Å².